The van der Waals surface area contributed by atoms with Crippen molar-refractivity contribution in [3.8, 4) is 46.0 Å². The van der Waals surface area contributed by atoms with Crippen LogP contribution in [0.25, 0.3) is 0 Å². The number of benzene rings is 8. The third-order valence-electron chi connectivity index (χ3n) is 21.6. The van der Waals surface area contributed by atoms with Gasteiger partial charge >= 0.3 is 34.0 Å². The number of hydrogen-bond acceptors (Lipinski definition) is 17. The number of carboxylic acid groups (broad SMARTS) is 4. The molecule has 0 unspecified atom stereocenters. The molecule has 8 aliphatic rings. The molecule has 8 aromatic carbocycles. The highest BCUT2D eigenvalue weighted by atomic mass is 35.5. The lowest BCUT2D eigenvalue weighted by Gasteiger charge is -2.38. The average molecular weight is 1700 g/mol. The number of aliphatic imine (C=N–C) groups is 3. The minimum atomic E-state index is -0.759. The number of ether oxygens (including phenoxy) is 4. The van der Waals surface area contributed by atoms with Gasteiger partial charge < -0.3 is 86.4 Å². The van der Waals surface area contributed by atoms with E-state index in [1.165, 1.54) is 9.80 Å². The quantitative estimate of drug-likeness (QED) is 0.0920. The van der Waals surface area contributed by atoms with Crippen molar-refractivity contribution >= 4 is 94.8 Å². The number of aliphatic carboxylic acids is 4. The highest BCUT2D eigenvalue weighted by molar-refractivity contribution is 6.05. The second-order valence-corrected chi connectivity index (χ2v) is 32.2. The predicted molar refractivity (Wildman–Crippen MR) is 449 cm³/mol. The molecule has 117 heavy (non-hydrogen) atoms. The SMILES string of the molecule is CC(C)(CN1CCN(C2=Nc3ccccc3Oc3ccccc32)CC1)C(=O)O.CC(C)(CN1CCN(C2=Nc3ccccc3Oc3ccccc32)CC1)C(=O)O.CC(C)(CN1CC[NH+](C2=Nc3ccccc3Oc3ccccc32)CC1)C(=O)O.CC(C)(CN1CC[NH+](C2=[NH+]c3ccccc3Oc3ccccc32)CC1)C(=O)O.Cl.Cl.[Cl-].[Cl-].[Cl-].[H+].[H+].[H+]. The number of rotatable bonds is 12. The van der Waals surface area contributed by atoms with Crippen molar-refractivity contribution < 1.29 is 115 Å². The zero-order chi connectivity index (χ0) is 78.9. The minimum Gasteiger partial charge on any atom is -1.00 e. The predicted octanol–water partition coefficient (Wildman–Crippen LogP) is 1.84. The smallest absolute Gasteiger partial charge is 1.00 e. The van der Waals surface area contributed by atoms with Crippen LogP contribution < -0.4 is 71.0 Å². The highest BCUT2D eigenvalue weighted by Gasteiger charge is 2.41. The Morgan fingerprint density at radius 1 is 0.342 bits per heavy atom. The van der Waals surface area contributed by atoms with E-state index in [4.69, 9.17) is 33.9 Å². The second kappa shape index (κ2) is 40.7. The number of halogens is 5. The Bertz CT molecular complexity index is 4310. The molecular formula is C88H108Cl5N12O12+3. The van der Waals surface area contributed by atoms with E-state index >= 15 is 0 Å². The summed E-state index contributed by atoms with van der Waals surface area (Å²) in [4.78, 5) is 80.3. The Morgan fingerprint density at radius 2 is 0.607 bits per heavy atom. The van der Waals surface area contributed by atoms with E-state index in [0.717, 1.165) is 219 Å². The van der Waals surface area contributed by atoms with Gasteiger partial charge in [-0.15, -0.1) is 24.8 Å². The molecule has 29 heteroatoms. The molecular weight excluding hydrogens is 1590 g/mol. The molecule has 4 fully saturated rings. The van der Waals surface area contributed by atoms with Crippen molar-refractivity contribution in [2.75, 3.05) is 131 Å². The molecule has 0 aliphatic carbocycles. The van der Waals surface area contributed by atoms with Gasteiger partial charge in [0, 0.05) is 111 Å². The number of nitrogens with zero attached hydrogens (tertiary/aromatic N) is 9. The van der Waals surface area contributed by atoms with Gasteiger partial charge in [-0.25, -0.2) is 14.9 Å². The van der Waals surface area contributed by atoms with Crippen LogP contribution in [0.5, 0.6) is 46.0 Å². The zero-order valence-electron chi connectivity index (χ0n) is 70.1. The number of fused-ring (bicyclic) bond motifs is 8. The first-order valence-corrected chi connectivity index (χ1v) is 38.6. The van der Waals surface area contributed by atoms with Gasteiger partial charge in [0.05, 0.1) is 64.5 Å². The molecule has 24 nitrogen and oxygen atoms in total. The molecule has 8 aromatic rings. The molecule has 0 saturated carbocycles. The van der Waals surface area contributed by atoms with E-state index in [2.05, 4.69) is 46.5 Å². The van der Waals surface area contributed by atoms with Gasteiger partial charge in [0.1, 0.15) is 57.3 Å². The van der Waals surface area contributed by atoms with Crippen LogP contribution in [0.1, 0.15) is 81.9 Å². The first-order chi connectivity index (χ1) is 53.7. The Kier molecular flexibility index (Phi) is 32.3. The Morgan fingerprint density at radius 3 is 0.974 bits per heavy atom. The summed E-state index contributed by atoms with van der Waals surface area (Å²) in [5, 5.41) is 37.6. The van der Waals surface area contributed by atoms with Gasteiger partial charge in [0.2, 0.25) is 5.84 Å². The monoisotopic (exact) mass is 1700 g/mol. The van der Waals surface area contributed by atoms with Gasteiger partial charge in [-0.3, -0.25) is 43.7 Å². The van der Waals surface area contributed by atoms with Crippen molar-refractivity contribution in [3.63, 3.8) is 0 Å². The molecule has 0 aromatic heterocycles. The van der Waals surface area contributed by atoms with Crippen molar-refractivity contribution in [3.05, 3.63) is 216 Å². The van der Waals surface area contributed by atoms with Crippen LogP contribution in [0, 0.1) is 21.7 Å². The maximum Gasteiger partial charge on any atom is 1.00 e. The third kappa shape index (κ3) is 22.6. The summed E-state index contributed by atoms with van der Waals surface area (Å²) in [6, 6.07) is 63.6. The van der Waals surface area contributed by atoms with Crippen LogP contribution in [0.4, 0.5) is 22.7 Å². The van der Waals surface area contributed by atoms with Gasteiger partial charge in [0.15, 0.2) is 23.0 Å². The van der Waals surface area contributed by atoms with Crippen LogP contribution in [0.15, 0.2) is 209 Å². The van der Waals surface area contributed by atoms with Crippen LogP contribution in [-0.4, -0.2) is 228 Å². The fourth-order valence-electron chi connectivity index (χ4n) is 15.0. The van der Waals surface area contributed by atoms with Crippen molar-refractivity contribution in [2.45, 2.75) is 55.4 Å². The van der Waals surface area contributed by atoms with E-state index < -0.39 is 45.5 Å². The van der Waals surface area contributed by atoms with Gasteiger partial charge in [0.25, 0.3) is 5.69 Å². The fourth-order valence-corrected chi connectivity index (χ4v) is 15.0. The first kappa shape index (κ1) is 92.8. The van der Waals surface area contributed by atoms with Crippen LogP contribution >= 0.6 is 24.8 Å². The summed E-state index contributed by atoms with van der Waals surface area (Å²) in [6.07, 6.45) is 0. The number of carboxylic acids is 4. The largest absolute Gasteiger partial charge is 1.00 e. The lowest BCUT2D eigenvalue weighted by atomic mass is 9.93. The molecule has 8 heterocycles. The van der Waals surface area contributed by atoms with Gasteiger partial charge in [-0.2, -0.15) is 9.98 Å². The highest BCUT2D eigenvalue weighted by Crippen LogP contribution is 2.41. The van der Waals surface area contributed by atoms with Crippen molar-refractivity contribution in [2.24, 2.45) is 36.6 Å². The topological polar surface area (TPSA) is 265 Å². The number of piperazine rings is 4. The summed E-state index contributed by atoms with van der Waals surface area (Å²) in [5.41, 5.74) is 4.55. The third-order valence-corrected chi connectivity index (χ3v) is 21.6. The zero-order valence-corrected chi connectivity index (χ0v) is 71.0. The number of hydrogen-bond donors (Lipinski definition) is 7. The summed E-state index contributed by atoms with van der Waals surface area (Å²) in [7, 11) is 0. The molecule has 624 valence electrons. The lowest BCUT2D eigenvalue weighted by Crippen LogP contribution is -3.21. The second-order valence-electron chi connectivity index (χ2n) is 32.2. The molecule has 4 saturated heterocycles. The van der Waals surface area contributed by atoms with E-state index in [1.807, 2.05) is 182 Å². The first-order valence-electron chi connectivity index (χ1n) is 38.6. The standard InChI is InChI=1S/4C22H25N3O3.5ClH/c4*1-22(2,21(26)27)15-24-11-13-25(14-12-24)20-16-7-3-5-9-18(16)28-19-10-6-4-8-17(19)23-20;;;;;/h4*3-10H,11-15H2,1-2H3,(H,26,27);5*1H/p+3. The molecule has 16 rings (SSSR count). The fraction of sp³-hybridized carbons (Fsp3) is 0.364. The Hall–Kier alpha value is -9.67. The van der Waals surface area contributed by atoms with Gasteiger partial charge in [-0.05, 0) is 146 Å². The van der Waals surface area contributed by atoms with Gasteiger partial charge in [-0.1, -0.05) is 97.1 Å². The number of carbonyl (C=O) groups is 4. The van der Waals surface area contributed by atoms with Crippen LogP contribution in [0.2, 0.25) is 0 Å². The van der Waals surface area contributed by atoms with E-state index in [0.29, 0.717) is 26.2 Å². The maximum absolute atomic E-state index is 11.4. The number of para-hydroxylation sites is 12. The molecule has 7 N–H and O–H groups in total. The van der Waals surface area contributed by atoms with E-state index in [1.54, 1.807) is 55.4 Å². The molecule has 0 amide bonds. The number of quaternary nitrogens is 2. The minimum absolute atomic E-state index is 0. The van der Waals surface area contributed by atoms with Crippen LogP contribution in [0.3, 0.4) is 0 Å². The molecule has 0 atom stereocenters. The van der Waals surface area contributed by atoms with E-state index in [-0.39, 0.29) is 66.3 Å². The van der Waals surface area contributed by atoms with E-state index in [9.17, 15) is 39.6 Å². The summed E-state index contributed by atoms with van der Waals surface area (Å²) >= 11 is 0. The summed E-state index contributed by atoms with van der Waals surface area (Å²) < 4.78 is 24.5. The Balaban J connectivity index is 0.000000279. The Labute approximate surface area is 720 Å². The lowest BCUT2D eigenvalue weighted by molar-refractivity contribution is -0.830. The molecule has 8 aliphatic heterocycles. The summed E-state index contributed by atoms with van der Waals surface area (Å²) in [5.74, 6) is 7.34. The van der Waals surface area contributed by atoms with Crippen molar-refractivity contribution in [1.82, 2.24) is 29.4 Å². The van der Waals surface area contributed by atoms with Crippen LogP contribution in [-0.2, 0) is 19.2 Å². The summed E-state index contributed by atoms with van der Waals surface area (Å²) in [6.45, 7) is 29.9. The normalized spacial score (nSPS) is 16.6. The maximum atomic E-state index is 11.4. The molecule has 0 spiro atoms. The average Bonchev–Trinajstić information content (AvgIpc) is 1.63. The molecule has 0 radical (unpaired) electrons. The number of nitrogens with one attached hydrogen (secondary N) is 3. The number of amidine groups is 4. The van der Waals surface area contributed by atoms with Crippen molar-refractivity contribution in [1.29, 1.82) is 0 Å². The molecule has 0 bridgehead atoms.